The molecule has 1 aromatic carbocycles. The molecule has 0 N–H and O–H groups in total. The molecule has 4 rings (SSSR count). The van der Waals surface area contributed by atoms with Crippen molar-refractivity contribution in [3.63, 3.8) is 0 Å². The van der Waals surface area contributed by atoms with Crippen LogP contribution in [0.4, 0.5) is 0 Å². The van der Waals surface area contributed by atoms with Crippen LogP contribution in [0.1, 0.15) is 23.4 Å². The average Bonchev–Trinajstić information content (AvgIpc) is 3.26. The molecule has 26 heavy (non-hydrogen) atoms. The summed E-state index contributed by atoms with van der Waals surface area (Å²) in [5, 5.41) is 8.28. The van der Waals surface area contributed by atoms with E-state index >= 15 is 0 Å². The standard InChI is InChI=1S/C20H22N4O2/c1-2-5-17(6-3-1)20(19-23-22-16-26-19,18-7-4-9-21-15-18)8-10-24-11-13-25-14-12-24/h1-7,9,15-16H,8,10-14H2. The van der Waals surface area contributed by atoms with Crippen LogP contribution in [0.15, 0.2) is 65.7 Å². The van der Waals surface area contributed by atoms with Crippen molar-refractivity contribution in [2.24, 2.45) is 0 Å². The van der Waals surface area contributed by atoms with Gasteiger partial charge < -0.3 is 9.15 Å². The fourth-order valence-corrected chi connectivity index (χ4v) is 3.66. The van der Waals surface area contributed by atoms with Gasteiger partial charge in [-0.25, -0.2) is 0 Å². The normalized spacial score (nSPS) is 17.7. The highest BCUT2D eigenvalue weighted by molar-refractivity contribution is 5.44. The quantitative estimate of drug-likeness (QED) is 0.681. The van der Waals surface area contributed by atoms with E-state index in [9.17, 15) is 0 Å². The predicted molar refractivity (Wildman–Crippen MR) is 96.7 cm³/mol. The van der Waals surface area contributed by atoms with Crippen molar-refractivity contribution in [2.45, 2.75) is 11.8 Å². The van der Waals surface area contributed by atoms with Crippen molar-refractivity contribution < 1.29 is 9.15 Å². The van der Waals surface area contributed by atoms with Crippen molar-refractivity contribution >= 4 is 0 Å². The highest BCUT2D eigenvalue weighted by Crippen LogP contribution is 2.41. The van der Waals surface area contributed by atoms with Crippen molar-refractivity contribution in [1.82, 2.24) is 20.1 Å². The summed E-state index contributed by atoms with van der Waals surface area (Å²) in [6, 6.07) is 14.4. The van der Waals surface area contributed by atoms with Gasteiger partial charge in [-0.3, -0.25) is 9.88 Å². The van der Waals surface area contributed by atoms with E-state index in [0.717, 1.165) is 50.4 Å². The zero-order valence-corrected chi connectivity index (χ0v) is 14.6. The highest BCUT2D eigenvalue weighted by atomic mass is 16.5. The van der Waals surface area contributed by atoms with Crippen LogP contribution in [-0.2, 0) is 10.2 Å². The van der Waals surface area contributed by atoms with Gasteiger partial charge in [0.25, 0.3) is 0 Å². The maximum atomic E-state index is 5.75. The van der Waals surface area contributed by atoms with Crippen LogP contribution in [0.2, 0.25) is 0 Å². The molecule has 3 heterocycles. The molecule has 6 heteroatoms. The van der Waals surface area contributed by atoms with Crippen molar-refractivity contribution in [2.75, 3.05) is 32.8 Å². The predicted octanol–water partition coefficient (Wildman–Crippen LogP) is 2.52. The van der Waals surface area contributed by atoms with E-state index in [1.165, 1.54) is 6.39 Å². The number of morpholine rings is 1. The van der Waals surface area contributed by atoms with Gasteiger partial charge in [-0.05, 0) is 23.6 Å². The zero-order valence-electron chi connectivity index (χ0n) is 14.6. The number of benzene rings is 1. The topological polar surface area (TPSA) is 64.3 Å². The minimum Gasteiger partial charge on any atom is -0.427 e. The van der Waals surface area contributed by atoms with E-state index in [1.54, 1.807) is 6.20 Å². The number of aromatic nitrogens is 3. The highest BCUT2D eigenvalue weighted by Gasteiger charge is 2.41. The van der Waals surface area contributed by atoms with Gasteiger partial charge in [0.15, 0.2) is 0 Å². The molecule has 1 saturated heterocycles. The third-order valence-electron chi connectivity index (χ3n) is 5.05. The van der Waals surface area contributed by atoms with Gasteiger partial charge in [-0.2, -0.15) is 0 Å². The lowest BCUT2D eigenvalue weighted by molar-refractivity contribution is 0.0354. The zero-order chi connectivity index (χ0) is 17.7. The Morgan fingerprint density at radius 2 is 1.81 bits per heavy atom. The molecular weight excluding hydrogens is 328 g/mol. The first-order valence-corrected chi connectivity index (χ1v) is 8.92. The minimum atomic E-state index is -0.523. The second-order valence-corrected chi connectivity index (χ2v) is 6.46. The summed E-state index contributed by atoms with van der Waals surface area (Å²) in [7, 11) is 0. The summed E-state index contributed by atoms with van der Waals surface area (Å²) in [5.41, 5.74) is 1.67. The Hall–Kier alpha value is -2.57. The molecule has 1 atom stereocenters. The van der Waals surface area contributed by atoms with E-state index in [1.807, 2.05) is 30.5 Å². The summed E-state index contributed by atoms with van der Waals surface area (Å²) in [6.07, 6.45) is 5.91. The number of hydrogen-bond donors (Lipinski definition) is 0. The van der Waals surface area contributed by atoms with Crippen molar-refractivity contribution in [1.29, 1.82) is 0 Å². The summed E-state index contributed by atoms with van der Waals surface area (Å²) < 4.78 is 11.2. The smallest absolute Gasteiger partial charge is 0.231 e. The van der Waals surface area contributed by atoms with Crippen LogP contribution in [0.25, 0.3) is 0 Å². The van der Waals surface area contributed by atoms with Crippen molar-refractivity contribution in [3.05, 3.63) is 78.3 Å². The van der Waals surface area contributed by atoms with E-state index in [0.29, 0.717) is 5.89 Å². The van der Waals surface area contributed by atoms with Gasteiger partial charge >= 0.3 is 0 Å². The number of rotatable bonds is 6. The third kappa shape index (κ3) is 3.25. The lowest BCUT2D eigenvalue weighted by Crippen LogP contribution is -2.41. The number of ether oxygens (including phenoxy) is 1. The number of pyridine rings is 1. The average molecular weight is 350 g/mol. The Balaban J connectivity index is 1.78. The van der Waals surface area contributed by atoms with Gasteiger partial charge in [0, 0.05) is 32.0 Å². The molecule has 0 amide bonds. The van der Waals surface area contributed by atoms with Gasteiger partial charge in [0.05, 0.1) is 13.2 Å². The minimum absolute atomic E-state index is 0.523. The molecule has 0 bridgehead atoms. The fraction of sp³-hybridized carbons (Fsp3) is 0.350. The Bertz CT molecular complexity index is 748. The van der Waals surface area contributed by atoms with Crippen LogP contribution < -0.4 is 0 Å². The first kappa shape index (κ1) is 16.9. The molecule has 1 aliphatic rings. The van der Waals surface area contributed by atoms with Crippen molar-refractivity contribution in [3.8, 4) is 0 Å². The molecular formula is C20H22N4O2. The molecule has 0 radical (unpaired) electrons. The Labute approximate surface area is 152 Å². The molecule has 0 aliphatic carbocycles. The summed E-state index contributed by atoms with van der Waals surface area (Å²) >= 11 is 0. The maximum absolute atomic E-state index is 5.75. The van der Waals surface area contributed by atoms with Crippen LogP contribution in [0.5, 0.6) is 0 Å². The van der Waals surface area contributed by atoms with E-state index < -0.39 is 5.41 Å². The Morgan fingerprint density at radius 3 is 2.50 bits per heavy atom. The molecule has 1 unspecified atom stereocenters. The lowest BCUT2D eigenvalue weighted by atomic mass is 9.72. The van der Waals surface area contributed by atoms with E-state index in [-0.39, 0.29) is 0 Å². The molecule has 6 nitrogen and oxygen atoms in total. The molecule has 0 spiro atoms. The Kier molecular flexibility index (Phi) is 5.04. The molecule has 0 saturated carbocycles. The second kappa shape index (κ2) is 7.76. The molecule has 3 aromatic rings. The fourth-order valence-electron chi connectivity index (χ4n) is 3.66. The molecule has 2 aromatic heterocycles. The van der Waals surface area contributed by atoms with Gasteiger partial charge in [0.1, 0.15) is 5.41 Å². The third-order valence-corrected chi connectivity index (χ3v) is 5.05. The van der Waals surface area contributed by atoms with E-state index in [2.05, 4.69) is 38.3 Å². The van der Waals surface area contributed by atoms with E-state index in [4.69, 9.17) is 9.15 Å². The second-order valence-electron chi connectivity index (χ2n) is 6.46. The van der Waals surface area contributed by atoms with Crippen LogP contribution in [0, 0.1) is 0 Å². The monoisotopic (exact) mass is 350 g/mol. The summed E-state index contributed by atoms with van der Waals surface area (Å²) in [4.78, 5) is 6.78. The van der Waals surface area contributed by atoms with Crippen LogP contribution in [-0.4, -0.2) is 52.9 Å². The van der Waals surface area contributed by atoms with Crippen LogP contribution in [0.3, 0.4) is 0 Å². The maximum Gasteiger partial charge on any atom is 0.231 e. The Morgan fingerprint density at radius 1 is 1.00 bits per heavy atom. The largest absolute Gasteiger partial charge is 0.427 e. The first-order valence-electron chi connectivity index (χ1n) is 8.92. The van der Waals surface area contributed by atoms with Gasteiger partial charge in [0.2, 0.25) is 12.3 Å². The molecule has 1 aliphatic heterocycles. The van der Waals surface area contributed by atoms with Gasteiger partial charge in [-0.15, -0.1) is 10.2 Å². The summed E-state index contributed by atoms with van der Waals surface area (Å²) in [5.74, 6) is 0.602. The first-order chi connectivity index (χ1) is 12.9. The molecule has 134 valence electrons. The summed E-state index contributed by atoms with van der Waals surface area (Å²) in [6.45, 7) is 4.37. The lowest BCUT2D eigenvalue weighted by Gasteiger charge is -2.35. The molecule has 1 fully saturated rings. The van der Waals surface area contributed by atoms with Crippen LogP contribution >= 0.6 is 0 Å². The van der Waals surface area contributed by atoms with Gasteiger partial charge in [-0.1, -0.05) is 36.4 Å². The SMILES string of the molecule is c1ccc(C(CCN2CCOCC2)(c2cccnc2)c2nnco2)cc1. The number of hydrogen-bond acceptors (Lipinski definition) is 6. The number of nitrogens with zero attached hydrogens (tertiary/aromatic N) is 4.